The molecule has 0 aromatic rings. The Labute approximate surface area is 126 Å². The number of imide groups is 1. The molecule has 0 bridgehead atoms. The van der Waals surface area contributed by atoms with Crippen molar-refractivity contribution in [3.63, 3.8) is 0 Å². The first kappa shape index (κ1) is 16.0. The van der Waals surface area contributed by atoms with Gasteiger partial charge in [-0.3, -0.25) is 19.3 Å². The molecule has 2 saturated heterocycles. The van der Waals surface area contributed by atoms with Crippen molar-refractivity contribution in [2.24, 2.45) is 17.3 Å². The van der Waals surface area contributed by atoms with Crippen LogP contribution in [0, 0.1) is 17.3 Å². The van der Waals surface area contributed by atoms with Gasteiger partial charge in [0, 0.05) is 32.5 Å². The van der Waals surface area contributed by atoms with E-state index in [0.717, 1.165) is 19.5 Å². The highest BCUT2D eigenvalue weighted by atomic mass is 16.2. The van der Waals surface area contributed by atoms with E-state index in [-0.39, 0.29) is 48.4 Å². The Bertz CT molecular complexity index is 453. The number of hydrogen-bond donors (Lipinski definition) is 0. The molecule has 2 fully saturated rings. The third-order valence-electron chi connectivity index (χ3n) is 4.62. The van der Waals surface area contributed by atoms with Crippen LogP contribution in [-0.4, -0.2) is 47.2 Å². The molecule has 118 valence electrons. The maximum absolute atomic E-state index is 12.3. The number of nitrogens with zero attached hydrogens (tertiary/aromatic N) is 2. The van der Waals surface area contributed by atoms with Crippen LogP contribution in [0.3, 0.4) is 0 Å². The summed E-state index contributed by atoms with van der Waals surface area (Å²) in [5.41, 5.74) is -0.212. The molecule has 5 nitrogen and oxygen atoms in total. The first-order valence-corrected chi connectivity index (χ1v) is 7.82. The first-order valence-electron chi connectivity index (χ1n) is 7.82. The van der Waals surface area contributed by atoms with E-state index in [4.69, 9.17) is 0 Å². The van der Waals surface area contributed by atoms with E-state index in [2.05, 4.69) is 6.92 Å². The van der Waals surface area contributed by atoms with Crippen LogP contribution in [-0.2, 0) is 14.4 Å². The van der Waals surface area contributed by atoms with Crippen LogP contribution >= 0.6 is 0 Å². The predicted molar refractivity (Wildman–Crippen MR) is 79.3 cm³/mol. The van der Waals surface area contributed by atoms with Gasteiger partial charge in [-0.05, 0) is 17.8 Å². The minimum atomic E-state index is -0.257. The average Bonchev–Trinajstić information content (AvgIpc) is 2.91. The third kappa shape index (κ3) is 3.44. The quantitative estimate of drug-likeness (QED) is 0.744. The second kappa shape index (κ2) is 5.78. The van der Waals surface area contributed by atoms with Crippen molar-refractivity contribution in [2.45, 2.75) is 47.0 Å². The topological polar surface area (TPSA) is 57.7 Å². The molecule has 0 spiro atoms. The Balaban J connectivity index is 1.90. The van der Waals surface area contributed by atoms with Gasteiger partial charge in [0.2, 0.25) is 17.7 Å². The zero-order valence-corrected chi connectivity index (χ0v) is 13.5. The highest BCUT2D eigenvalue weighted by Crippen LogP contribution is 2.35. The van der Waals surface area contributed by atoms with Crippen LogP contribution in [0.15, 0.2) is 0 Å². The predicted octanol–water partition coefficient (Wildman–Crippen LogP) is 1.67. The highest BCUT2D eigenvalue weighted by molar-refractivity contribution is 6.04. The van der Waals surface area contributed by atoms with Crippen LogP contribution < -0.4 is 0 Å². The monoisotopic (exact) mass is 294 g/mol. The molecule has 2 aliphatic heterocycles. The Hall–Kier alpha value is -1.39. The molecular formula is C16H26N2O3. The van der Waals surface area contributed by atoms with E-state index in [1.165, 1.54) is 4.90 Å². The Morgan fingerprint density at radius 1 is 1.29 bits per heavy atom. The average molecular weight is 294 g/mol. The molecular weight excluding hydrogens is 268 g/mol. The van der Waals surface area contributed by atoms with E-state index in [1.54, 1.807) is 0 Å². The van der Waals surface area contributed by atoms with Crippen molar-refractivity contribution in [3.05, 3.63) is 0 Å². The van der Waals surface area contributed by atoms with Gasteiger partial charge in [-0.15, -0.1) is 0 Å². The van der Waals surface area contributed by atoms with E-state index in [0.29, 0.717) is 5.92 Å². The number of amides is 3. The fourth-order valence-corrected chi connectivity index (χ4v) is 3.12. The molecule has 0 saturated carbocycles. The number of carbonyl (C=O) groups excluding carboxylic acids is 3. The fraction of sp³-hybridized carbons (Fsp3) is 0.812. The van der Waals surface area contributed by atoms with Crippen molar-refractivity contribution in [1.29, 1.82) is 0 Å². The van der Waals surface area contributed by atoms with Crippen molar-refractivity contribution in [3.8, 4) is 0 Å². The zero-order chi connectivity index (χ0) is 15.8. The van der Waals surface area contributed by atoms with Gasteiger partial charge >= 0.3 is 0 Å². The van der Waals surface area contributed by atoms with Crippen LogP contribution in [0.25, 0.3) is 0 Å². The van der Waals surface area contributed by atoms with E-state index in [1.807, 2.05) is 25.7 Å². The molecule has 0 radical (unpaired) electrons. The molecule has 0 aromatic heterocycles. The molecule has 2 aliphatic rings. The summed E-state index contributed by atoms with van der Waals surface area (Å²) in [6.07, 6.45) is 1.57. The molecule has 2 heterocycles. The molecule has 0 aromatic carbocycles. The summed E-state index contributed by atoms with van der Waals surface area (Å²) in [6.45, 7) is 9.88. The SMILES string of the molecule is C[C@H]1CCN(C(=O)CCN2C(=O)CC(C(C)(C)C)C2=O)C1. The summed E-state index contributed by atoms with van der Waals surface area (Å²) in [5.74, 6) is 0.0953. The lowest BCUT2D eigenvalue weighted by molar-refractivity contribution is -0.141. The Morgan fingerprint density at radius 2 is 1.95 bits per heavy atom. The molecule has 2 rings (SSSR count). The molecule has 0 aliphatic carbocycles. The van der Waals surface area contributed by atoms with Crippen LogP contribution in [0.5, 0.6) is 0 Å². The van der Waals surface area contributed by atoms with E-state index < -0.39 is 0 Å². The number of rotatable bonds is 3. The fourth-order valence-electron chi connectivity index (χ4n) is 3.12. The number of carbonyl (C=O) groups is 3. The lowest BCUT2D eigenvalue weighted by Crippen LogP contribution is -2.37. The normalized spacial score (nSPS) is 26.9. The van der Waals surface area contributed by atoms with Gasteiger partial charge in [0.05, 0.1) is 5.92 Å². The molecule has 2 atom stereocenters. The summed E-state index contributed by atoms with van der Waals surface area (Å²) < 4.78 is 0. The Morgan fingerprint density at radius 3 is 2.43 bits per heavy atom. The molecule has 21 heavy (non-hydrogen) atoms. The van der Waals surface area contributed by atoms with Gasteiger partial charge < -0.3 is 4.90 Å². The molecule has 5 heteroatoms. The third-order valence-corrected chi connectivity index (χ3v) is 4.62. The van der Waals surface area contributed by atoms with Gasteiger partial charge in [0.15, 0.2) is 0 Å². The minimum Gasteiger partial charge on any atom is -0.342 e. The van der Waals surface area contributed by atoms with Gasteiger partial charge in [0.25, 0.3) is 0 Å². The van der Waals surface area contributed by atoms with Gasteiger partial charge in [0.1, 0.15) is 0 Å². The highest BCUT2D eigenvalue weighted by Gasteiger charge is 2.44. The van der Waals surface area contributed by atoms with E-state index in [9.17, 15) is 14.4 Å². The van der Waals surface area contributed by atoms with Crippen molar-refractivity contribution in [2.75, 3.05) is 19.6 Å². The number of likely N-dealkylation sites (tertiary alicyclic amines) is 2. The van der Waals surface area contributed by atoms with Gasteiger partial charge in [-0.25, -0.2) is 0 Å². The smallest absolute Gasteiger partial charge is 0.233 e. The van der Waals surface area contributed by atoms with Gasteiger partial charge in [-0.1, -0.05) is 27.7 Å². The lowest BCUT2D eigenvalue weighted by atomic mass is 9.80. The summed E-state index contributed by atoms with van der Waals surface area (Å²) in [6, 6.07) is 0. The maximum atomic E-state index is 12.3. The standard InChI is InChI=1S/C16H26N2O3/c1-11-5-7-17(10-11)13(19)6-8-18-14(20)9-12(15(18)21)16(2,3)4/h11-12H,5-10H2,1-4H3/t11-,12?/m0/s1. The largest absolute Gasteiger partial charge is 0.342 e. The van der Waals surface area contributed by atoms with E-state index >= 15 is 0 Å². The summed E-state index contributed by atoms with van der Waals surface area (Å²) in [7, 11) is 0. The van der Waals surface area contributed by atoms with Crippen LogP contribution in [0.1, 0.15) is 47.0 Å². The second-order valence-electron chi connectivity index (χ2n) is 7.49. The lowest BCUT2D eigenvalue weighted by Gasteiger charge is -2.25. The molecule has 3 amide bonds. The number of hydrogen-bond acceptors (Lipinski definition) is 3. The minimum absolute atomic E-state index is 0.0548. The molecule has 0 N–H and O–H groups in total. The van der Waals surface area contributed by atoms with Crippen molar-refractivity contribution in [1.82, 2.24) is 9.80 Å². The Kier molecular flexibility index (Phi) is 4.40. The first-order chi connectivity index (χ1) is 9.70. The molecule has 1 unspecified atom stereocenters. The summed E-state index contributed by atoms with van der Waals surface area (Å²) in [4.78, 5) is 39.6. The van der Waals surface area contributed by atoms with Crippen LogP contribution in [0.2, 0.25) is 0 Å². The van der Waals surface area contributed by atoms with Crippen molar-refractivity contribution < 1.29 is 14.4 Å². The van der Waals surface area contributed by atoms with Gasteiger partial charge in [-0.2, -0.15) is 0 Å². The van der Waals surface area contributed by atoms with Crippen LogP contribution in [0.4, 0.5) is 0 Å². The second-order valence-corrected chi connectivity index (χ2v) is 7.49. The van der Waals surface area contributed by atoms with Crippen molar-refractivity contribution >= 4 is 17.7 Å². The summed E-state index contributed by atoms with van der Waals surface area (Å²) in [5, 5.41) is 0. The maximum Gasteiger partial charge on any atom is 0.233 e. The zero-order valence-electron chi connectivity index (χ0n) is 13.5. The summed E-state index contributed by atoms with van der Waals surface area (Å²) >= 11 is 0.